The molecule has 0 radical (unpaired) electrons. The summed E-state index contributed by atoms with van der Waals surface area (Å²) in [6.07, 6.45) is 1.76. The fourth-order valence-corrected chi connectivity index (χ4v) is 4.76. The van der Waals surface area contributed by atoms with Crippen LogP contribution in [0.2, 0.25) is 5.02 Å². The zero-order valence-electron chi connectivity index (χ0n) is 17.8. The molecule has 2 aliphatic heterocycles. The third-order valence-electron chi connectivity index (χ3n) is 6.19. The van der Waals surface area contributed by atoms with E-state index in [-0.39, 0.29) is 34.1 Å². The largest absolute Gasteiger partial charge is 0.339 e. The number of hydrogen-bond donors (Lipinski definition) is 0. The van der Waals surface area contributed by atoms with Crippen LogP contribution in [-0.2, 0) is 11.3 Å². The van der Waals surface area contributed by atoms with E-state index in [1.807, 2.05) is 11.0 Å². The number of amides is 2. The van der Waals surface area contributed by atoms with Crippen molar-refractivity contribution in [1.29, 1.82) is 0 Å². The second-order valence-electron chi connectivity index (χ2n) is 8.45. The van der Waals surface area contributed by atoms with Crippen LogP contribution in [0.1, 0.15) is 28.8 Å². The van der Waals surface area contributed by atoms with Gasteiger partial charge in [-0.3, -0.25) is 14.5 Å². The molecule has 5 nitrogen and oxygen atoms in total. The number of rotatable bonds is 4. The molecule has 2 aliphatic rings. The molecule has 1 unspecified atom stereocenters. The Kier molecular flexibility index (Phi) is 7.06. The molecule has 0 saturated carbocycles. The van der Waals surface area contributed by atoms with E-state index in [9.17, 15) is 18.4 Å². The quantitative estimate of drug-likeness (QED) is 0.695. The van der Waals surface area contributed by atoms with Crippen LogP contribution in [0.15, 0.2) is 42.5 Å². The van der Waals surface area contributed by atoms with Gasteiger partial charge in [0.2, 0.25) is 5.91 Å². The molecule has 2 amide bonds. The lowest BCUT2D eigenvalue weighted by Gasteiger charge is -2.39. The van der Waals surface area contributed by atoms with Crippen molar-refractivity contribution in [3.63, 3.8) is 0 Å². The second-order valence-corrected chi connectivity index (χ2v) is 8.85. The Hall–Kier alpha value is -2.51. The molecule has 170 valence electrons. The van der Waals surface area contributed by atoms with Gasteiger partial charge in [0.25, 0.3) is 5.91 Å². The molecule has 32 heavy (non-hydrogen) atoms. The maximum atomic E-state index is 13.5. The van der Waals surface area contributed by atoms with Crippen LogP contribution in [0.3, 0.4) is 0 Å². The summed E-state index contributed by atoms with van der Waals surface area (Å²) in [6.45, 7) is 3.92. The summed E-state index contributed by atoms with van der Waals surface area (Å²) < 4.78 is 26.7. The van der Waals surface area contributed by atoms with Gasteiger partial charge in [-0.25, -0.2) is 8.78 Å². The minimum absolute atomic E-state index is 0.0916. The number of carbonyl (C=O) groups excluding carboxylic acids is 2. The highest BCUT2D eigenvalue weighted by molar-refractivity contribution is 6.33. The number of hydrogen-bond acceptors (Lipinski definition) is 3. The van der Waals surface area contributed by atoms with E-state index in [4.69, 9.17) is 11.6 Å². The predicted octanol–water partition coefficient (Wildman–Crippen LogP) is 3.81. The van der Waals surface area contributed by atoms with Crippen molar-refractivity contribution < 1.29 is 18.4 Å². The molecule has 0 aromatic heterocycles. The summed E-state index contributed by atoms with van der Waals surface area (Å²) >= 11 is 6.03. The molecular formula is C24H26ClF2N3O2. The Morgan fingerprint density at radius 1 is 0.938 bits per heavy atom. The van der Waals surface area contributed by atoms with Crippen molar-refractivity contribution in [1.82, 2.24) is 14.7 Å². The molecule has 8 heteroatoms. The third kappa shape index (κ3) is 5.27. The number of carbonyl (C=O) groups is 2. The first kappa shape index (κ1) is 22.7. The number of piperazine rings is 1. The van der Waals surface area contributed by atoms with Gasteiger partial charge < -0.3 is 9.80 Å². The normalized spacial score (nSPS) is 19.8. The van der Waals surface area contributed by atoms with Crippen molar-refractivity contribution >= 4 is 23.4 Å². The van der Waals surface area contributed by atoms with Crippen LogP contribution in [-0.4, -0.2) is 65.8 Å². The van der Waals surface area contributed by atoms with E-state index in [2.05, 4.69) is 4.90 Å². The zero-order chi connectivity index (χ0) is 22.7. The Morgan fingerprint density at radius 2 is 1.66 bits per heavy atom. The first-order valence-corrected chi connectivity index (χ1v) is 11.3. The summed E-state index contributed by atoms with van der Waals surface area (Å²) in [5, 5.41) is 0.0918. The zero-order valence-corrected chi connectivity index (χ0v) is 18.5. The van der Waals surface area contributed by atoms with Crippen LogP contribution in [0, 0.1) is 17.6 Å². The summed E-state index contributed by atoms with van der Waals surface area (Å²) in [5.41, 5.74) is 1.18. The lowest BCUT2D eigenvalue weighted by molar-refractivity contribution is -0.139. The van der Waals surface area contributed by atoms with Crippen molar-refractivity contribution in [3.05, 3.63) is 70.2 Å². The Balaban J connectivity index is 1.31. The summed E-state index contributed by atoms with van der Waals surface area (Å²) in [6, 6.07) is 10.3. The van der Waals surface area contributed by atoms with E-state index in [1.54, 1.807) is 11.0 Å². The molecule has 0 spiro atoms. The maximum absolute atomic E-state index is 13.5. The Bertz CT molecular complexity index is 995. The van der Waals surface area contributed by atoms with E-state index < -0.39 is 5.82 Å². The minimum Gasteiger partial charge on any atom is -0.339 e. The molecule has 0 N–H and O–H groups in total. The molecule has 0 bridgehead atoms. The van der Waals surface area contributed by atoms with Crippen LogP contribution < -0.4 is 0 Å². The summed E-state index contributed by atoms with van der Waals surface area (Å²) in [4.78, 5) is 31.5. The SMILES string of the molecule is O=C(c1ccc(F)cc1Cl)N1CCN(C(=O)C2CCCN(Cc3cccc(F)c3)C2)CC1. The minimum atomic E-state index is -0.485. The van der Waals surface area contributed by atoms with Gasteiger partial charge >= 0.3 is 0 Å². The lowest BCUT2D eigenvalue weighted by atomic mass is 9.95. The molecule has 2 heterocycles. The molecule has 1 atom stereocenters. The van der Waals surface area contributed by atoms with Crippen molar-refractivity contribution in [2.45, 2.75) is 19.4 Å². The van der Waals surface area contributed by atoms with Crippen LogP contribution in [0.4, 0.5) is 8.78 Å². The number of halogens is 3. The highest BCUT2D eigenvalue weighted by atomic mass is 35.5. The van der Waals surface area contributed by atoms with E-state index >= 15 is 0 Å². The fourth-order valence-electron chi connectivity index (χ4n) is 4.52. The molecule has 2 aromatic carbocycles. The number of likely N-dealkylation sites (tertiary alicyclic amines) is 1. The van der Waals surface area contributed by atoms with E-state index in [0.717, 1.165) is 31.0 Å². The molecular weight excluding hydrogens is 436 g/mol. The van der Waals surface area contributed by atoms with Crippen molar-refractivity contribution in [2.24, 2.45) is 5.92 Å². The lowest BCUT2D eigenvalue weighted by Crippen LogP contribution is -2.53. The average Bonchev–Trinajstić information content (AvgIpc) is 2.78. The van der Waals surface area contributed by atoms with Gasteiger partial charge in [-0.05, 0) is 55.3 Å². The number of benzene rings is 2. The van der Waals surface area contributed by atoms with Gasteiger partial charge in [-0.15, -0.1) is 0 Å². The van der Waals surface area contributed by atoms with Gasteiger partial charge in [0.1, 0.15) is 11.6 Å². The predicted molar refractivity (Wildman–Crippen MR) is 118 cm³/mol. The highest BCUT2D eigenvalue weighted by Gasteiger charge is 2.32. The Labute approximate surface area is 191 Å². The third-order valence-corrected chi connectivity index (χ3v) is 6.50. The second kappa shape index (κ2) is 9.96. The standard InChI is InChI=1S/C24H26ClF2N3O2/c25-22-14-20(27)6-7-21(22)24(32)30-11-9-29(10-12-30)23(31)18-4-2-8-28(16-18)15-17-3-1-5-19(26)13-17/h1,3,5-7,13-14,18H,2,4,8-12,15-16H2. The van der Waals surface area contributed by atoms with Crippen LogP contribution in [0.5, 0.6) is 0 Å². The summed E-state index contributed by atoms with van der Waals surface area (Å²) in [7, 11) is 0. The molecule has 2 aromatic rings. The first-order chi connectivity index (χ1) is 15.4. The smallest absolute Gasteiger partial charge is 0.255 e. The monoisotopic (exact) mass is 461 g/mol. The Morgan fingerprint density at radius 3 is 2.38 bits per heavy atom. The van der Waals surface area contributed by atoms with Gasteiger partial charge in [0.15, 0.2) is 0 Å². The highest BCUT2D eigenvalue weighted by Crippen LogP contribution is 2.23. The number of piperidine rings is 1. The topological polar surface area (TPSA) is 43.9 Å². The van der Waals surface area contributed by atoms with Crippen molar-refractivity contribution in [2.75, 3.05) is 39.3 Å². The van der Waals surface area contributed by atoms with Gasteiger partial charge in [-0.1, -0.05) is 23.7 Å². The number of nitrogens with zero attached hydrogens (tertiary/aromatic N) is 3. The van der Waals surface area contributed by atoms with Crippen LogP contribution >= 0.6 is 11.6 Å². The first-order valence-electron chi connectivity index (χ1n) is 10.9. The fraction of sp³-hybridized carbons (Fsp3) is 0.417. The maximum Gasteiger partial charge on any atom is 0.255 e. The van der Waals surface area contributed by atoms with Gasteiger partial charge in [0, 0.05) is 39.3 Å². The van der Waals surface area contributed by atoms with Gasteiger partial charge in [-0.2, -0.15) is 0 Å². The molecule has 0 aliphatic carbocycles. The molecule has 2 fully saturated rings. The van der Waals surface area contributed by atoms with Gasteiger partial charge in [0.05, 0.1) is 16.5 Å². The van der Waals surface area contributed by atoms with Crippen molar-refractivity contribution in [3.8, 4) is 0 Å². The van der Waals surface area contributed by atoms with Crippen LogP contribution in [0.25, 0.3) is 0 Å². The molecule has 4 rings (SSSR count). The van der Waals surface area contributed by atoms with E-state index in [0.29, 0.717) is 39.3 Å². The van der Waals surface area contributed by atoms with E-state index in [1.165, 1.54) is 24.3 Å². The summed E-state index contributed by atoms with van der Waals surface area (Å²) in [5.74, 6) is -0.963. The average molecular weight is 462 g/mol. The molecule has 2 saturated heterocycles.